The summed E-state index contributed by atoms with van der Waals surface area (Å²) in [5, 5.41) is 8.94. The first-order valence-corrected chi connectivity index (χ1v) is 5.67. The highest BCUT2D eigenvalue weighted by Gasteiger charge is 2.33. The Balaban J connectivity index is 2.05. The number of carboxylic acid groups (broad SMARTS) is 1. The first-order chi connectivity index (χ1) is 8.09. The molecule has 0 aromatic carbocycles. The molecule has 1 amide bonds. The summed E-state index contributed by atoms with van der Waals surface area (Å²) in [6.07, 6.45) is 2.47. The van der Waals surface area contributed by atoms with Crippen molar-refractivity contribution in [2.75, 3.05) is 6.54 Å². The highest BCUT2D eigenvalue weighted by Crippen LogP contribution is 2.24. The molecule has 92 valence electrons. The highest BCUT2D eigenvalue weighted by atomic mass is 16.4. The minimum Gasteiger partial charge on any atom is -0.481 e. The minimum atomic E-state index is -0.776. The number of amides is 1. The maximum atomic E-state index is 12.0. The minimum absolute atomic E-state index is 0.0672. The van der Waals surface area contributed by atoms with E-state index in [1.807, 2.05) is 6.92 Å². The zero-order chi connectivity index (χ0) is 12.4. The molecule has 0 saturated carbocycles. The molecule has 0 radical (unpaired) electrons. The van der Waals surface area contributed by atoms with Crippen LogP contribution < -0.4 is 0 Å². The van der Waals surface area contributed by atoms with E-state index < -0.39 is 5.97 Å². The van der Waals surface area contributed by atoms with Crippen LogP contribution in [0.3, 0.4) is 0 Å². The zero-order valence-corrected chi connectivity index (χ0v) is 9.63. The number of likely N-dealkylation sites (tertiary alicyclic amines) is 1. The number of piperidine rings is 1. The lowest BCUT2D eigenvalue weighted by atomic mass is 9.91. The molecular formula is C12H15NO4. The van der Waals surface area contributed by atoms with Crippen molar-refractivity contribution < 1.29 is 19.1 Å². The Morgan fingerprint density at radius 1 is 1.53 bits per heavy atom. The van der Waals surface area contributed by atoms with Gasteiger partial charge < -0.3 is 14.4 Å². The van der Waals surface area contributed by atoms with Crippen molar-refractivity contribution in [1.29, 1.82) is 0 Å². The van der Waals surface area contributed by atoms with Crippen molar-refractivity contribution in [2.24, 2.45) is 5.92 Å². The van der Waals surface area contributed by atoms with Crippen LogP contribution in [0.2, 0.25) is 0 Å². The molecule has 1 saturated heterocycles. The van der Waals surface area contributed by atoms with Gasteiger partial charge in [-0.15, -0.1) is 0 Å². The number of rotatable bonds is 2. The molecule has 0 spiro atoms. The molecule has 0 bridgehead atoms. The second-order valence-electron chi connectivity index (χ2n) is 4.38. The van der Waals surface area contributed by atoms with E-state index in [1.165, 1.54) is 6.26 Å². The molecule has 1 aliphatic heterocycles. The molecule has 1 aromatic rings. The summed E-state index contributed by atoms with van der Waals surface area (Å²) in [4.78, 5) is 24.6. The molecule has 0 aliphatic carbocycles. The molecule has 2 rings (SSSR count). The summed E-state index contributed by atoms with van der Waals surface area (Å²) in [5.74, 6) is -0.968. The number of aliphatic carboxylic acids is 1. The average molecular weight is 237 g/mol. The topological polar surface area (TPSA) is 70.8 Å². The van der Waals surface area contributed by atoms with Crippen LogP contribution in [0.1, 0.15) is 30.3 Å². The third kappa shape index (κ3) is 2.33. The van der Waals surface area contributed by atoms with Gasteiger partial charge in [-0.1, -0.05) is 0 Å². The monoisotopic (exact) mass is 237 g/mol. The van der Waals surface area contributed by atoms with Crippen molar-refractivity contribution in [1.82, 2.24) is 4.90 Å². The second kappa shape index (κ2) is 4.61. The normalized spacial score (nSPS) is 24.6. The smallest absolute Gasteiger partial charge is 0.306 e. The maximum Gasteiger partial charge on any atom is 0.306 e. The Hall–Kier alpha value is -1.78. The second-order valence-corrected chi connectivity index (χ2v) is 4.38. The third-order valence-corrected chi connectivity index (χ3v) is 3.22. The van der Waals surface area contributed by atoms with Crippen molar-refractivity contribution in [3.8, 4) is 0 Å². The predicted molar refractivity (Wildman–Crippen MR) is 59.6 cm³/mol. The zero-order valence-electron chi connectivity index (χ0n) is 9.63. The van der Waals surface area contributed by atoms with Gasteiger partial charge in [-0.2, -0.15) is 0 Å². The van der Waals surface area contributed by atoms with Crippen molar-refractivity contribution in [3.05, 3.63) is 24.2 Å². The first kappa shape index (κ1) is 11.7. The van der Waals surface area contributed by atoms with Crippen LogP contribution in [0.4, 0.5) is 0 Å². The highest BCUT2D eigenvalue weighted by molar-refractivity contribution is 5.91. The quantitative estimate of drug-likeness (QED) is 0.848. The molecule has 1 aliphatic rings. The SMILES string of the molecule is CC1CC(C(=O)O)CCN1C(=O)c1ccco1. The summed E-state index contributed by atoms with van der Waals surface area (Å²) in [6, 6.07) is 3.22. The standard InChI is InChI=1S/C12H15NO4/c1-8-7-9(12(15)16)4-5-13(8)11(14)10-3-2-6-17-10/h2-3,6,8-9H,4-5,7H2,1H3,(H,15,16). The van der Waals surface area contributed by atoms with E-state index >= 15 is 0 Å². The molecule has 5 heteroatoms. The van der Waals surface area contributed by atoms with E-state index in [0.29, 0.717) is 25.1 Å². The molecular weight excluding hydrogens is 222 g/mol. The average Bonchev–Trinajstić information content (AvgIpc) is 2.81. The van der Waals surface area contributed by atoms with Crippen LogP contribution in [0.15, 0.2) is 22.8 Å². The van der Waals surface area contributed by atoms with Crippen LogP contribution in [-0.4, -0.2) is 34.5 Å². The summed E-state index contributed by atoms with van der Waals surface area (Å²) in [5.41, 5.74) is 0. The molecule has 2 heterocycles. The van der Waals surface area contributed by atoms with Gasteiger partial charge in [-0.3, -0.25) is 9.59 Å². The van der Waals surface area contributed by atoms with Crippen LogP contribution in [0.25, 0.3) is 0 Å². The number of furan rings is 1. The van der Waals surface area contributed by atoms with Crippen LogP contribution in [0, 0.1) is 5.92 Å². The van der Waals surface area contributed by atoms with Gasteiger partial charge in [0.15, 0.2) is 5.76 Å². The van der Waals surface area contributed by atoms with Gasteiger partial charge in [-0.25, -0.2) is 0 Å². The number of hydrogen-bond donors (Lipinski definition) is 1. The predicted octanol–water partition coefficient (Wildman–Crippen LogP) is 1.60. The molecule has 2 atom stereocenters. The summed E-state index contributed by atoms with van der Waals surface area (Å²) < 4.78 is 5.06. The van der Waals surface area contributed by atoms with Crippen LogP contribution in [0.5, 0.6) is 0 Å². The van der Waals surface area contributed by atoms with Crippen LogP contribution in [-0.2, 0) is 4.79 Å². The fourth-order valence-corrected chi connectivity index (χ4v) is 2.24. The molecule has 2 unspecified atom stereocenters. The van der Waals surface area contributed by atoms with Crippen molar-refractivity contribution >= 4 is 11.9 Å². The molecule has 1 fully saturated rings. The van der Waals surface area contributed by atoms with Gasteiger partial charge in [0.2, 0.25) is 0 Å². The van der Waals surface area contributed by atoms with E-state index in [-0.39, 0.29) is 17.9 Å². The summed E-state index contributed by atoms with van der Waals surface area (Å²) in [7, 11) is 0. The van der Waals surface area contributed by atoms with Crippen molar-refractivity contribution in [3.63, 3.8) is 0 Å². The van der Waals surface area contributed by atoms with Gasteiger partial charge in [0.05, 0.1) is 12.2 Å². The lowest BCUT2D eigenvalue weighted by molar-refractivity contribution is -0.143. The van der Waals surface area contributed by atoms with Gasteiger partial charge in [0, 0.05) is 12.6 Å². The Morgan fingerprint density at radius 2 is 2.29 bits per heavy atom. The molecule has 1 aromatic heterocycles. The number of carboxylic acids is 1. The molecule has 5 nitrogen and oxygen atoms in total. The van der Waals surface area contributed by atoms with Gasteiger partial charge in [0.1, 0.15) is 0 Å². The fraction of sp³-hybridized carbons (Fsp3) is 0.500. The van der Waals surface area contributed by atoms with Gasteiger partial charge in [0.25, 0.3) is 5.91 Å². The third-order valence-electron chi connectivity index (χ3n) is 3.22. The Kier molecular flexibility index (Phi) is 3.17. The summed E-state index contributed by atoms with van der Waals surface area (Å²) in [6.45, 7) is 2.34. The molecule has 1 N–H and O–H groups in total. The largest absolute Gasteiger partial charge is 0.481 e. The maximum absolute atomic E-state index is 12.0. The fourth-order valence-electron chi connectivity index (χ4n) is 2.24. The van der Waals surface area contributed by atoms with Crippen LogP contribution >= 0.6 is 0 Å². The lowest BCUT2D eigenvalue weighted by Crippen LogP contribution is -2.45. The number of carbonyl (C=O) groups is 2. The number of carbonyl (C=O) groups excluding carboxylic acids is 1. The van der Waals surface area contributed by atoms with E-state index in [4.69, 9.17) is 9.52 Å². The summed E-state index contributed by atoms with van der Waals surface area (Å²) >= 11 is 0. The Bertz CT molecular complexity index is 412. The molecule has 17 heavy (non-hydrogen) atoms. The van der Waals surface area contributed by atoms with Gasteiger partial charge in [-0.05, 0) is 31.9 Å². The first-order valence-electron chi connectivity index (χ1n) is 5.67. The van der Waals surface area contributed by atoms with Gasteiger partial charge >= 0.3 is 5.97 Å². The lowest BCUT2D eigenvalue weighted by Gasteiger charge is -2.35. The van der Waals surface area contributed by atoms with E-state index in [1.54, 1.807) is 17.0 Å². The Labute approximate surface area is 99.0 Å². The van der Waals surface area contributed by atoms with E-state index in [0.717, 1.165) is 0 Å². The Morgan fingerprint density at radius 3 is 2.82 bits per heavy atom. The van der Waals surface area contributed by atoms with E-state index in [2.05, 4.69) is 0 Å². The number of hydrogen-bond acceptors (Lipinski definition) is 3. The number of nitrogens with zero attached hydrogens (tertiary/aromatic N) is 1. The van der Waals surface area contributed by atoms with Crippen molar-refractivity contribution in [2.45, 2.75) is 25.8 Å². The van der Waals surface area contributed by atoms with E-state index in [9.17, 15) is 9.59 Å².